The molecule has 0 spiro atoms. The molecule has 1 heterocycles. The SMILES string of the molecule is CCCCC1=CC(=O)OC1(C)O. The molecule has 1 aliphatic rings. The van der Waals surface area contributed by atoms with Crippen molar-refractivity contribution in [1.82, 2.24) is 0 Å². The Morgan fingerprint density at radius 2 is 2.33 bits per heavy atom. The average molecular weight is 170 g/mol. The van der Waals surface area contributed by atoms with Crippen LogP contribution in [-0.4, -0.2) is 16.9 Å². The third-order valence-corrected chi connectivity index (χ3v) is 1.99. The van der Waals surface area contributed by atoms with Gasteiger partial charge in [0.2, 0.25) is 5.79 Å². The molecule has 12 heavy (non-hydrogen) atoms. The van der Waals surface area contributed by atoms with Crippen molar-refractivity contribution in [2.45, 2.75) is 38.9 Å². The van der Waals surface area contributed by atoms with Gasteiger partial charge in [0.15, 0.2) is 0 Å². The predicted octanol–water partition coefficient (Wildman–Crippen LogP) is 1.37. The number of rotatable bonds is 3. The van der Waals surface area contributed by atoms with Crippen molar-refractivity contribution in [3.8, 4) is 0 Å². The van der Waals surface area contributed by atoms with Crippen LogP contribution in [-0.2, 0) is 9.53 Å². The summed E-state index contributed by atoms with van der Waals surface area (Å²) < 4.78 is 4.68. The van der Waals surface area contributed by atoms with Crippen LogP contribution < -0.4 is 0 Å². The van der Waals surface area contributed by atoms with Gasteiger partial charge in [-0.2, -0.15) is 0 Å². The zero-order valence-corrected chi connectivity index (χ0v) is 7.46. The number of hydrogen-bond donors (Lipinski definition) is 1. The Morgan fingerprint density at radius 3 is 2.75 bits per heavy atom. The molecule has 1 rings (SSSR count). The van der Waals surface area contributed by atoms with Crippen molar-refractivity contribution in [2.75, 3.05) is 0 Å². The summed E-state index contributed by atoms with van der Waals surface area (Å²) in [5.74, 6) is -1.79. The lowest BCUT2D eigenvalue weighted by Crippen LogP contribution is -2.27. The normalized spacial score (nSPS) is 28.6. The van der Waals surface area contributed by atoms with Gasteiger partial charge in [0, 0.05) is 18.6 Å². The summed E-state index contributed by atoms with van der Waals surface area (Å²) in [6, 6.07) is 0. The van der Waals surface area contributed by atoms with Crippen molar-refractivity contribution in [2.24, 2.45) is 0 Å². The molecule has 0 amide bonds. The largest absolute Gasteiger partial charge is 0.426 e. The first kappa shape index (κ1) is 9.26. The van der Waals surface area contributed by atoms with Gasteiger partial charge < -0.3 is 9.84 Å². The molecule has 0 saturated heterocycles. The molecule has 3 nitrogen and oxygen atoms in total. The van der Waals surface area contributed by atoms with Crippen LogP contribution >= 0.6 is 0 Å². The summed E-state index contributed by atoms with van der Waals surface area (Å²) in [4.78, 5) is 10.8. The van der Waals surface area contributed by atoms with Crippen LogP contribution in [0.1, 0.15) is 33.1 Å². The predicted molar refractivity (Wildman–Crippen MR) is 44.3 cm³/mol. The van der Waals surface area contributed by atoms with Gasteiger partial charge in [-0.3, -0.25) is 0 Å². The Bertz CT molecular complexity index is 216. The molecule has 1 atom stereocenters. The van der Waals surface area contributed by atoms with E-state index in [4.69, 9.17) is 0 Å². The highest BCUT2D eigenvalue weighted by Crippen LogP contribution is 2.28. The number of carbonyl (C=O) groups is 1. The minimum absolute atomic E-state index is 0.439. The maximum absolute atomic E-state index is 10.8. The maximum atomic E-state index is 10.8. The molecule has 0 fully saturated rings. The van der Waals surface area contributed by atoms with E-state index in [0.29, 0.717) is 5.57 Å². The van der Waals surface area contributed by atoms with Crippen LogP contribution in [0.5, 0.6) is 0 Å². The van der Waals surface area contributed by atoms with E-state index < -0.39 is 11.8 Å². The Morgan fingerprint density at radius 1 is 1.67 bits per heavy atom. The van der Waals surface area contributed by atoms with Gasteiger partial charge in [-0.15, -0.1) is 0 Å². The Balaban J connectivity index is 2.61. The van der Waals surface area contributed by atoms with Gasteiger partial charge in [0.05, 0.1) is 0 Å². The van der Waals surface area contributed by atoms with Crippen LogP contribution in [0, 0.1) is 0 Å². The van der Waals surface area contributed by atoms with Crippen molar-refractivity contribution in [3.63, 3.8) is 0 Å². The Hall–Kier alpha value is -0.830. The molecule has 1 unspecified atom stereocenters. The summed E-state index contributed by atoms with van der Waals surface area (Å²) >= 11 is 0. The molecule has 1 N–H and O–H groups in total. The molecule has 0 bridgehead atoms. The minimum Gasteiger partial charge on any atom is -0.426 e. The van der Waals surface area contributed by atoms with Crippen molar-refractivity contribution in [1.29, 1.82) is 0 Å². The van der Waals surface area contributed by atoms with Gasteiger partial charge in [-0.1, -0.05) is 13.3 Å². The fraction of sp³-hybridized carbons (Fsp3) is 0.667. The second kappa shape index (κ2) is 3.27. The minimum atomic E-state index is -1.35. The van der Waals surface area contributed by atoms with E-state index in [1.165, 1.54) is 13.0 Å². The highest BCUT2D eigenvalue weighted by Gasteiger charge is 2.35. The molecule has 68 valence electrons. The zero-order chi connectivity index (χ0) is 9.19. The van der Waals surface area contributed by atoms with Gasteiger partial charge in [0.25, 0.3) is 0 Å². The van der Waals surface area contributed by atoms with Gasteiger partial charge in [0.1, 0.15) is 0 Å². The fourth-order valence-electron chi connectivity index (χ4n) is 1.24. The van der Waals surface area contributed by atoms with Crippen LogP contribution in [0.4, 0.5) is 0 Å². The molecule has 0 aromatic rings. The van der Waals surface area contributed by atoms with Crippen LogP contribution in [0.25, 0.3) is 0 Å². The van der Waals surface area contributed by atoms with E-state index in [0.717, 1.165) is 19.3 Å². The van der Waals surface area contributed by atoms with E-state index in [1.54, 1.807) is 0 Å². The standard InChI is InChI=1S/C9H14O3/c1-3-4-5-7-6-8(10)12-9(7,2)11/h6,11H,3-5H2,1-2H3. The van der Waals surface area contributed by atoms with Crippen molar-refractivity contribution >= 4 is 5.97 Å². The lowest BCUT2D eigenvalue weighted by atomic mass is 10.0. The number of ether oxygens (including phenoxy) is 1. The Kier molecular flexibility index (Phi) is 2.52. The number of carbonyl (C=O) groups excluding carboxylic acids is 1. The van der Waals surface area contributed by atoms with E-state index in [1.807, 2.05) is 0 Å². The number of unbranched alkanes of at least 4 members (excludes halogenated alkanes) is 1. The van der Waals surface area contributed by atoms with Gasteiger partial charge in [-0.05, 0) is 12.8 Å². The summed E-state index contributed by atoms with van der Waals surface area (Å²) in [5.41, 5.74) is 0.689. The highest BCUT2D eigenvalue weighted by molar-refractivity contribution is 5.86. The van der Waals surface area contributed by atoms with Gasteiger partial charge >= 0.3 is 5.97 Å². The third-order valence-electron chi connectivity index (χ3n) is 1.99. The molecule has 3 heteroatoms. The second-order valence-corrected chi connectivity index (χ2v) is 3.18. The van der Waals surface area contributed by atoms with E-state index >= 15 is 0 Å². The Labute approximate surface area is 72.0 Å². The summed E-state index contributed by atoms with van der Waals surface area (Å²) in [7, 11) is 0. The van der Waals surface area contributed by atoms with Crippen molar-refractivity contribution < 1.29 is 14.6 Å². The first-order valence-corrected chi connectivity index (χ1v) is 4.22. The van der Waals surface area contributed by atoms with Crippen molar-refractivity contribution in [3.05, 3.63) is 11.6 Å². The maximum Gasteiger partial charge on any atom is 0.333 e. The quantitative estimate of drug-likeness (QED) is 0.651. The fourth-order valence-corrected chi connectivity index (χ4v) is 1.24. The molecule has 0 aromatic heterocycles. The first-order chi connectivity index (χ1) is 5.56. The lowest BCUT2D eigenvalue weighted by molar-refractivity contribution is -0.175. The molecular weight excluding hydrogens is 156 g/mol. The number of cyclic esters (lactones) is 1. The first-order valence-electron chi connectivity index (χ1n) is 4.22. The van der Waals surface area contributed by atoms with E-state index in [-0.39, 0.29) is 0 Å². The summed E-state index contributed by atoms with van der Waals surface area (Å²) in [5, 5.41) is 9.54. The van der Waals surface area contributed by atoms with Crippen LogP contribution in [0.15, 0.2) is 11.6 Å². The van der Waals surface area contributed by atoms with E-state index in [2.05, 4.69) is 11.7 Å². The number of aliphatic hydroxyl groups is 1. The molecular formula is C9H14O3. The smallest absolute Gasteiger partial charge is 0.333 e. The molecule has 0 radical (unpaired) electrons. The second-order valence-electron chi connectivity index (χ2n) is 3.18. The lowest BCUT2D eigenvalue weighted by Gasteiger charge is -2.19. The topological polar surface area (TPSA) is 46.5 Å². The van der Waals surface area contributed by atoms with Crippen LogP contribution in [0.2, 0.25) is 0 Å². The third kappa shape index (κ3) is 1.85. The summed E-state index contributed by atoms with van der Waals surface area (Å²) in [6.45, 7) is 3.56. The summed E-state index contributed by atoms with van der Waals surface area (Å²) in [6.07, 6.45) is 4.13. The molecule has 0 saturated carbocycles. The molecule has 0 aliphatic carbocycles. The van der Waals surface area contributed by atoms with E-state index in [9.17, 15) is 9.90 Å². The monoisotopic (exact) mass is 170 g/mol. The van der Waals surface area contributed by atoms with Crippen LogP contribution in [0.3, 0.4) is 0 Å². The number of hydrogen-bond acceptors (Lipinski definition) is 3. The average Bonchev–Trinajstić information content (AvgIpc) is 2.20. The molecule has 0 aromatic carbocycles. The number of esters is 1. The highest BCUT2D eigenvalue weighted by atomic mass is 16.7. The molecule has 1 aliphatic heterocycles. The zero-order valence-electron chi connectivity index (χ0n) is 7.46. The van der Waals surface area contributed by atoms with Gasteiger partial charge in [-0.25, -0.2) is 4.79 Å².